The van der Waals surface area contributed by atoms with Gasteiger partial charge in [0.25, 0.3) is 0 Å². The predicted octanol–water partition coefficient (Wildman–Crippen LogP) is 1.74. The lowest BCUT2D eigenvalue weighted by Gasteiger charge is -2.06. The van der Waals surface area contributed by atoms with Crippen molar-refractivity contribution in [3.8, 4) is 0 Å². The maximum Gasteiger partial charge on any atom is 0.221 e. The quantitative estimate of drug-likeness (QED) is 0.781. The van der Waals surface area contributed by atoms with E-state index in [1.807, 2.05) is 0 Å². The van der Waals surface area contributed by atoms with E-state index in [1.165, 1.54) is 32.0 Å². The maximum absolute atomic E-state index is 13.0. The number of hydrogen-bond donors (Lipinski definition) is 2. The van der Waals surface area contributed by atoms with Crippen LogP contribution in [0.5, 0.6) is 0 Å². The SMILES string of the molecule is CC(=O)Nc1cc(F)cc(NC(C)=O)c1. The fraction of sp³-hybridized carbons (Fsp3) is 0.200. The number of carbonyl (C=O) groups is 2. The highest BCUT2D eigenvalue weighted by atomic mass is 19.1. The maximum atomic E-state index is 13.0. The first-order valence-electron chi connectivity index (χ1n) is 4.33. The van der Waals surface area contributed by atoms with E-state index in [9.17, 15) is 14.0 Å². The van der Waals surface area contributed by atoms with Gasteiger partial charge in [-0.1, -0.05) is 0 Å². The highest BCUT2D eigenvalue weighted by Crippen LogP contribution is 2.17. The molecular weight excluding hydrogens is 199 g/mol. The Balaban J connectivity index is 2.94. The summed E-state index contributed by atoms with van der Waals surface area (Å²) in [6, 6.07) is 3.82. The first kappa shape index (κ1) is 11.2. The highest BCUT2D eigenvalue weighted by Gasteiger charge is 2.03. The zero-order chi connectivity index (χ0) is 11.4. The van der Waals surface area contributed by atoms with E-state index in [0.29, 0.717) is 11.4 Å². The van der Waals surface area contributed by atoms with Crippen LogP contribution in [0.4, 0.5) is 15.8 Å². The van der Waals surface area contributed by atoms with Crippen LogP contribution in [0.3, 0.4) is 0 Å². The summed E-state index contributed by atoms with van der Waals surface area (Å²) in [7, 11) is 0. The van der Waals surface area contributed by atoms with Crippen LogP contribution in [-0.4, -0.2) is 11.8 Å². The average molecular weight is 210 g/mol. The van der Waals surface area contributed by atoms with Gasteiger partial charge in [0.1, 0.15) is 5.82 Å². The molecule has 1 rings (SSSR count). The molecule has 0 heterocycles. The Morgan fingerprint density at radius 2 is 1.40 bits per heavy atom. The molecule has 0 radical (unpaired) electrons. The van der Waals surface area contributed by atoms with Crippen molar-refractivity contribution in [1.29, 1.82) is 0 Å². The van der Waals surface area contributed by atoms with Crippen LogP contribution in [0.15, 0.2) is 18.2 Å². The van der Waals surface area contributed by atoms with E-state index in [0.717, 1.165) is 0 Å². The summed E-state index contributed by atoms with van der Waals surface area (Å²) in [6.45, 7) is 2.64. The van der Waals surface area contributed by atoms with E-state index < -0.39 is 5.82 Å². The van der Waals surface area contributed by atoms with Crippen molar-refractivity contribution in [3.05, 3.63) is 24.0 Å². The standard InChI is InChI=1S/C10H11FN2O2/c1-6(14)12-9-3-8(11)4-10(5-9)13-7(2)15/h3-5H,1-2H3,(H,12,14)(H,13,15). The number of amides is 2. The summed E-state index contributed by atoms with van der Waals surface area (Å²) in [6.07, 6.45) is 0. The van der Waals surface area contributed by atoms with Crippen LogP contribution in [0.1, 0.15) is 13.8 Å². The van der Waals surface area contributed by atoms with E-state index in [1.54, 1.807) is 0 Å². The zero-order valence-corrected chi connectivity index (χ0v) is 8.43. The molecule has 2 amide bonds. The summed E-state index contributed by atoms with van der Waals surface area (Å²) in [5.74, 6) is -1.12. The molecule has 2 N–H and O–H groups in total. The third-order valence-electron chi connectivity index (χ3n) is 1.54. The van der Waals surface area contributed by atoms with Gasteiger partial charge in [0.15, 0.2) is 0 Å². The Kier molecular flexibility index (Phi) is 3.38. The van der Waals surface area contributed by atoms with Gasteiger partial charge in [0.2, 0.25) is 11.8 Å². The largest absolute Gasteiger partial charge is 0.326 e. The molecule has 1 aromatic carbocycles. The van der Waals surface area contributed by atoms with E-state index in [2.05, 4.69) is 10.6 Å². The van der Waals surface area contributed by atoms with Crippen LogP contribution in [0, 0.1) is 5.82 Å². The van der Waals surface area contributed by atoms with Crippen LogP contribution >= 0.6 is 0 Å². The third-order valence-corrected chi connectivity index (χ3v) is 1.54. The Hall–Kier alpha value is -1.91. The monoisotopic (exact) mass is 210 g/mol. The lowest BCUT2D eigenvalue weighted by Crippen LogP contribution is -2.09. The van der Waals surface area contributed by atoms with Crippen molar-refractivity contribution in [1.82, 2.24) is 0 Å². The highest BCUT2D eigenvalue weighted by molar-refractivity contribution is 5.92. The Labute approximate surface area is 86.5 Å². The lowest BCUT2D eigenvalue weighted by molar-refractivity contribution is -0.115. The van der Waals surface area contributed by atoms with Crippen molar-refractivity contribution < 1.29 is 14.0 Å². The van der Waals surface area contributed by atoms with E-state index in [4.69, 9.17) is 0 Å². The number of hydrogen-bond acceptors (Lipinski definition) is 2. The summed E-state index contributed by atoms with van der Waals surface area (Å²) in [5.41, 5.74) is 0.623. The van der Waals surface area contributed by atoms with E-state index >= 15 is 0 Å². The normalized spacial score (nSPS) is 9.53. The van der Waals surface area contributed by atoms with Crippen LogP contribution in [0.25, 0.3) is 0 Å². The van der Waals surface area contributed by atoms with Gasteiger partial charge in [-0.2, -0.15) is 0 Å². The topological polar surface area (TPSA) is 58.2 Å². The minimum absolute atomic E-state index is 0.297. The first-order chi connectivity index (χ1) is 6.97. The first-order valence-corrected chi connectivity index (χ1v) is 4.33. The van der Waals surface area contributed by atoms with Gasteiger partial charge in [0.05, 0.1) is 0 Å². The molecule has 0 spiro atoms. The molecule has 1 aromatic rings. The summed E-state index contributed by atoms with van der Waals surface area (Å²) in [4.78, 5) is 21.5. The molecule has 0 unspecified atom stereocenters. The van der Waals surface area contributed by atoms with Crippen molar-refractivity contribution in [3.63, 3.8) is 0 Å². The van der Waals surface area contributed by atoms with Crippen LogP contribution in [-0.2, 0) is 9.59 Å². The zero-order valence-electron chi connectivity index (χ0n) is 8.43. The molecule has 0 fully saturated rings. The Morgan fingerprint density at radius 1 is 1.00 bits per heavy atom. The molecule has 0 saturated heterocycles. The summed E-state index contributed by atoms with van der Waals surface area (Å²) < 4.78 is 13.0. The molecule has 80 valence electrons. The van der Waals surface area contributed by atoms with Gasteiger partial charge in [0, 0.05) is 25.2 Å². The van der Waals surface area contributed by atoms with Gasteiger partial charge in [-0.05, 0) is 18.2 Å². The fourth-order valence-electron chi connectivity index (χ4n) is 1.14. The van der Waals surface area contributed by atoms with Gasteiger partial charge >= 0.3 is 0 Å². The molecule has 0 aliphatic heterocycles. The number of nitrogens with one attached hydrogen (secondary N) is 2. The molecule has 0 bridgehead atoms. The minimum atomic E-state index is -0.523. The second-order valence-corrected chi connectivity index (χ2v) is 3.09. The van der Waals surface area contributed by atoms with Crippen molar-refractivity contribution >= 4 is 23.2 Å². The second-order valence-electron chi connectivity index (χ2n) is 3.09. The molecule has 0 saturated carbocycles. The van der Waals surface area contributed by atoms with Crippen LogP contribution < -0.4 is 10.6 Å². The van der Waals surface area contributed by atoms with Crippen molar-refractivity contribution in [2.45, 2.75) is 13.8 Å². The smallest absolute Gasteiger partial charge is 0.221 e. The second kappa shape index (κ2) is 4.54. The minimum Gasteiger partial charge on any atom is -0.326 e. The average Bonchev–Trinajstić information content (AvgIpc) is 1.98. The van der Waals surface area contributed by atoms with Gasteiger partial charge in [-0.3, -0.25) is 9.59 Å². The molecule has 0 aliphatic carbocycles. The molecule has 0 aromatic heterocycles. The summed E-state index contributed by atoms with van der Waals surface area (Å²) in [5, 5.41) is 4.86. The number of rotatable bonds is 2. The molecule has 0 aliphatic rings. The molecule has 4 nitrogen and oxygen atoms in total. The lowest BCUT2D eigenvalue weighted by atomic mass is 10.2. The third kappa shape index (κ3) is 3.76. The van der Waals surface area contributed by atoms with E-state index in [-0.39, 0.29) is 11.8 Å². The predicted molar refractivity (Wildman–Crippen MR) is 55.0 cm³/mol. The van der Waals surface area contributed by atoms with Crippen molar-refractivity contribution in [2.24, 2.45) is 0 Å². The Bertz CT molecular complexity index is 370. The number of halogens is 1. The number of carbonyl (C=O) groups excluding carboxylic acids is 2. The fourth-order valence-corrected chi connectivity index (χ4v) is 1.14. The summed E-state index contributed by atoms with van der Waals surface area (Å²) >= 11 is 0. The van der Waals surface area contributed by atoms with Crippen LogP contribution in [0.2, 0.25) is 0 Å². The van der Waals surface area contributed by atoms with Gasteiger partial charge < -0.3 is 10.6 Å². The number of benzene rings is 1. The Morgan fingerprint density at radius 3 is 1.73 bits per heavy atom. The molecule has 15 heavy (non-hydrogen) atoms. The van der Waals surface area contributed by atoms with Gasteiger partial charge in [-0.25, -0.2) is 4.39 Å². The van der Waals surface area contributed by atoms with Crippen molar-refractivity contribution in [2.75, 3.05) is 10.6 Å². The molecule has 0 atom stereocenters. The molecular formula is C10H11FN2O2. The molecule has 5 heteroatoms. The van der Waals surface area contributed by atoms with Gasteiger partial charge in [-0.15, -0.1) is 0 Å². The number of anilines is 2.